The highest BCUT2D eigenvalue weighted by atomic mass is 32.2. The van der Waals surface area contributed by atoms with Gasteiger partial charge < -0.3 is 13.9 Å². The number of amides is 1. The summed E-state index contributed by atoms with van der Waals surface area (Å²) < 4.78 is 40.3. The third kappa shape index (κ3) is 4.38. The zero-order valence-corrected chi connectivity index (χ0v) is 15.0. The van der Waals surface area contributed by atoms with Crippen molar-refractivity contribution in [1.82, 2.24) is 10.2 Å². The predicted octanol–water partition coefficient (Wildman–Crippen LogP) is 1.73. The third-order valence-corrected chi connectivity index (χ3v) is 5.64. The number of rotatable bonds is 7. The van der Waals surface area contributed by atoms with Gasteiger partial charge in [0.15, 0.2) is 9.84 Å². The van der Waals surface area contributed by atoms with Crippen LogP contribution in [0.2, 0.25) is 0 Å². The van der Waals surface area contributed by atoms with Gasteiger partial charge in [-0.25, -0.2) is 8.42 Å². The standard InChI is InChI=1S/C16H19N3O6S/c1-23-11-4-6-12(7-5-11)26(21,22)10-8-14(20)17-16-19-18-15(25-16)13-3-2-9-24-13/h4-7,13H,2-3,8-10H2,1H3,(H,17,19,20). The molecule has 3 rings (SSSR count). The number of methoxy groups -OCH3 is 1. The number of hydrogen-bond acceptors (Lipinski definition) is 8. The zero-order chi connectivity index (χ0) is 18.6. The van der Waals surface area contributed by atoms with E-state index in [2.05, 4.69) is 15.5 Å². The van der Waals surface area contributed by atoms with Crippen LogP contribution >= 0.6 is 0 Å². The second-order valence-corrected chi connectivity index (χ2v) is 7.85. The van der Waals surface area contributed by atoms with Crippen LogP contribution < -0.4 is 10.1 Å². The molecule has 140 valence electrons. The minimum atomic E-state index is -3.58. The van der Waals surface area contributed by atoms with E-state index in [0.717, 1.165) is 12.8 Å². The number of nitrogens with one attached hydrogen (secondary N) is 1. The summed E-state index contributed by atoms with van der Waals surface area (Å²) >= 11 is 0. The summed E-state index contributed by atoms with van der Waals surface area (Å²) in [5.41, 5.74) is 0. The van der Waals surface area contributed by atoms with Crippen molar-refractivity contribution in [3.05, 3.63) is 30.2 Å². The molecular weight excluding hydrogens is 362 g/mol. The molecule has 0 bridgehead atoms. The lowest BCUT2D eigenvalue weighted by Crippen LogP contribution is -2.17. The summed E-state index contributed by atoms with van der Waals surface area (Å²) in [6.07, 6.45) is 1.23. The first-order chi connectivity index (χ1) is 12.5. The Morgan fingerprint density at radius 2 is 2.08 bits per heavy atom. The zero-order valence-electron chi connectivity index (χ0n) is 14.2. The van der Waals surface area contributed by atoms with Gasteiger partial charge in [-0.1, -0.05) is 5.10 Å². The number of nitrogens with zero attached hydrogens (tertiary/aromatic N) is 2. The molecule has 0 saturated carbocycles. The van der Waals surface area contributed by atoms with Gasteiger partial charge >= 0.3 is 6.01 Å². The molecule has 1 aliphatic heterocycles. The van der Waals surface area contributed by atoms with Crippen LogP contribution in [0.5, 0.6) is 5.75 Å². The molecule has 0 aliphatic carbocycles. The topological polar surface area (TPSA) is 121 Å². The average molecular weight is 381 g/mol. The maximum Gasteiger partial charge on any atom is 0.322 e. The number of ether oxygens (including phenoxy) is 2. The first kappa shape index (κ1) is 18.3. The van der Waals surface area contributed by atoms with Gasteiger partial charge in [0.1, 0.15) is 11.9 Å². The van der Waals surface area contributed by atoms with Crippen molar-refractivity contribution in [3.63, 3.8) is 0 Å². The lowest BCUT2D eigenvalue weighted by atomic mass is 10.2. The van der Waals surface area contributed by atoms with Crippen molar-refractivity contribution in [1.29, 1.82) is 0 Å². The van der Waals surface area contributed by atoms with Crippen molar-refractivity contribution in [2.24, 2.45) is 0 Å². The molecule has 1 fully saturated rings. The highest BCUT2D eigenvalue weighted by Gasteiger charge is 2.24. The molecule has 9 nitrogen and oxygen atoms in total. The molecule has 10 heteroatoms. The number of benzene rings is 1. The molecule has 26 heavy (non-hydrogen) atoms. The van der Waals surface area contributed by atoms with E-state index in [4.69, 9.17) is 13.9 Å². The fraction of sp³-hybridized carbons (Fsp3) is 0.438. The Kier molecular flexibility index (Phi) is 5.52. The molecule has 1 amide bonds. The SMILES string of the molecule is COc1ccc(S(=O)(=O)CCC(=O)Nc2nnc(C3CCCO3)o2)cc1. The van der Waals surface area contributed by atoms with Gasteiger partial charge in [0.2, 0.25) is 11.8 Å². The van der Waals surface area contributed by atoms with Crippen LogP contribution in [-0.2, 0) is 19.4 Å². The molecule has 2 heterocycles. The summed E-state index contributed by atoms with van der Waals surface area (Å²) in [5, 5.41) is 9.98. The molecule has 1 unspecified atom stereocenters. The molecule has 0 radical (unpaired) electrons. The van der Waals surface area contributed by atoms with Crippen LogP contribution in [0.4, 0.5) is 6.01 Å². The second kappa shape index (κ2) is 7.83. The number of sulfone groups is 1. The van der Waals surface area contributed by atoms with Gasteiger partial charge in [0.25, 0.3) is 0 Å². The highest BCUT2D eigenvalue weighted by Crippen LogP contribution is 2.28. The minimum Gasteiger partial charge on any atom is -0.497 e. The molecule has 1 aliphatic rings. The number of carbonyl (C=O) groups excluding carboxylic acids is 1. The Balaban J connectivity index is 1.54. The Morgan fingerprint density at radius 1 is 1.31 bits per heavy atom. The lowest BCUT2D eigenvalue weighted by Gasteiger charge is -2.05. The van der Waals surface area contributed by atoms with E-state index in [-0.39, 0.29) is 29.2 Å². The van der Waals surface area contributed by atoms with Gasteiger partial charge in [0.05, 0.1) is 17.8 Å². The van der Waals surface area contributed by atoms with Crippen molar-refractivity contribution in [2.75, 3.05) is 24.8 Å². The van der Waals surface area contributed by atoms with E-state index in [1.165, 1.54) is 19.2 Å². The Morgan fingerprint density at radius 3 is 2.73 bits per heavy atom. The van der Waals surface area contributed by atoms with E-state index < -0.39 is 15.7 Å². The van der Waals surface area contributed by atoms with Crippen LogP contribution in [0, 0.1) is 0 Å². The molecule has 1 aromatic heterocycles. The van der Waals surface area contributed by atoms with Gasteiger partial charge in [0, 0.05) is 13.0 Å². The van der Waals surface area contributed by atoms with Crippen molar-refractivity contribution in [2.45, 2.75) is 30.3 Å². The molecule has 0 spiro atoms. The van der Waals surface area contributed by atoms with Crippen LogP contribution in [0.3, 0.4) is 0 Å². The second-order valence-electron chi connectivity index (χ2n) is 5.74. The van der Waals surface area contributed by atoms with E-state index in [9.17, 15) is 13.2 Å². The molecule has 1 atom stereocenters. The Hall–Kier alpha value is -2.46. The van der Waals surface area contributed by atoms with E-state index >= 15 is 0 Å². The first-order valence-electron chi connectivity index (χ1n) is 8.09. The fourth-order valence-electron chi connectivity index (χ4n) is 2.50. The summed E-state index contributed by atoms with van der Waals surface area (Å²) in [7, 11) is -2.09. The monoisotopic (exact) mass is 381 g/mol. The summed E-state index contributed by atoms with van der Waals surface area (Å²) in [4.78, 5) is 12.1. The van der Waals surface area contributed by atoms with Crippen molar-refractivity contribution in [3.8, 4) is 5.75 Å². The van der Waals surface area contributed by atoms with E-state index in [1.54, 1.807) is 12.1 Å². The first-order valence-corrected chi connectivity index (χ1v) is 9.75. The van der Waals surface area contributed by atoms with Crippen LogP contribution in [0.1, 0.15) is 31.3 Å². The molecule has 1 aromatic carbocycles. The smallest absolute Gasteiger partial charge is 0.322 e. The number of aromatic nitrogens is 2. The summed E-state index contributed by atoms with van der Waals surface area (Å²) in [6, 6.07) is 5.92. The average Bonchev–Trinajstić information content (AvgIpc) is 3.32. The molecule has 1 N–H and O–H groups in total. The predicted molar refractivity (Wildman–Crippen MR) is 90.5 cm³/mol. The Labute approximate surface area is 150 Å². The van der Waals surface area contributed by atoms with Gasteiger partial charge in [-0.3, -0.25) is 10.1 Å². The maximum absolute atomic E-state index is 12.3. The van der Waals surface area contributed by atoms with Crippen LogP contribution in [0.15, 0.2) is 33.6 Å². The number of hydrogen-bond donors (Lipinski definition) is 1. The molecular formula is C16H19N3O6S. The highest BCUT2D eigenvalue weighted by molar-refractivity contribution is 7.91. The largest absolute Gasteiger partial charge is 0.497 e. The van der Waals surface area contributed by atoms with Gasteiger partial charge in [-0.05, 0) is 37.1 Å². The summed E-state index contributed by atoms with van der Waals surface area (Å²) in [5.74, 6) is 0.00570. The van der Waals surface area contributed by atoms with Gasteiger partial charge in [-0.15, -0.1) is 5.10 Å². The maximum atomic E-state index is 12.3. The van der Waals surface area contributed by atoms with Crippen LogP contribution in [-0.4, -0.2) is 44.0 Å². The lowest BCUT2D eigenvalue weighted by molar-refractivity contribution is -0.116. The van der Waals surface area contributed by atoms with Crippen molar-refractivity contribution < 1.29 is 27.1 Å². The van der Waals surface area contributed by atoms with E-state index in [1.807, 2.05) is 0 Å². The van der Waals surface area contributed by atoms with E-state index in [0.29, 0.717) is 18.2 Å². The quantitative estimate of drug-likeness (QED) is 0.770. The third-order valence-electron chi connectivity index (χ3n) is 3.91. The van der Waals surface area contributed by atoms with Crippen molar-refractivity contribution >= 4 is 21.8 Å². The Bertz CT molecular complexity index is 856. The molecule has 2 aromatic rings. The summed E-state index contributed by atoms with van der Waals surface area (Å²) in [6.45, 7) is 0.637. The fourth-order valence-corrected chi connectivity index (χ4v) is 3.74. The number of carbonyl (C=O) groups is 1. The van der Waals surface area contributed by atoms with Gasteiger partial charge in [-0.2, -0.15) is 0 Å². The van der Waals surface area contributed by atoms with Crippen LogP contribution in [0.25, 0.3) is 0 Å². The normalized spacial score (nSPS) is 17.2. The minimum absolute atomic E-state index is 0.0673. The molecule has 1 saturated heterocycles. The number of anilines is 1.